The van der Waals surface area contributed by atoms with Gasteiger partial charge in [0, 0.05) is 18.8 Å². The van der Waals surface area contributed by atoms with E-state index in [9.17, 15) is 4.79 Å². The maximum absolute atomic E-state index is 11.3. The average Bonchev–Trinajstić information content (AvgIpc) is 2.21. The number of anilines is 1. The maximum Gasteiger partial charge on any atom is 0.319 e. The van der Waals surface area contributed by atoms with Crippen molar-refractivity contribution in [2.75, 3.05) is 18.9 Å². The molecule has 0 aliphatic carbocycles. The van der Waals surface area contributed by atoms with E-state index in [1.54, 1.807) is 0 Å². The summed E-state index contributed by atoms with van der Waals surface area (Å²) in [6.45, 7) is 3.25. The SMILES string of the molecule is CCNC(=O)Nc1ccccc1CNC. The van der Waals surface area contributed by atoms with E-state index in [2.05, 4.69) is 16.0 Å². The van der Waals surface area contributed by atoms with Crippen LogP contribution in [-0.2, 0) is 6.54 Å². The Labute approximate surface area is 90.1 Å². The highest BCUT2D eigenvalue weighted by atomic mass is 16.2. The normalized spacial score (nSPS) is 9.73. The zero-order valence-electron chi connectivity index (χ0n) is 9.13. The minimum atomic E-state index is -0.166. The minimum absolute atomic E-state index is 0.166. The Bertz CT molecular complexity index is 325. The summed E-state index contributed by atoms with van der Waals surface area (Å²) in [5.41, 5.74) is 1.92. The quantitative estimate of drug-likeness (QED) is 0.701. The smallest absolute Gasteiger partial charge is 0.319 e. The van der Waals surface area contributed by atoms with Crippen LogP contribution in [0.3, 0.4) is 0 Å². The number of carbonyl (C=O) groups is 1. The highest BCUT2D eigenvalue weighted by Crippen LogP contribution is 2.14. The van der Waals surface area contributed by atoms with Gasteiger partial charge in [-0.2, -0.15) is 0 Å². The number of carbonyl (C=O) groups excluding carboxylic acids is 1. The van der Waals surface area contributed by atoms with E-state index in [4.69, 9.17) is 0 Å². The summed E-state index contributed by atoms with van der Waals surface area (Å²) >= 11 is 0. The molecule has 0 unspecified atom stereocenters. The summed E-state index contributed by atoms with van der Waals surface area (Å²) in [4.78, 5) is 11.3. The number of benzene rings is 1. The Balaban J connectivity index is 2.70. The fourth-order valence-corrected chi connectivity index (χ4v) is 1.31. The molecule has 1 aromatic rings. The Morgan fingerprint density at radius 1 is 1.33 bits per heavy atom. The van der Waals surface area contributed by atoms with Crippen molar-refractivity contribution in [3.05, 3.63) is 29.8 Å². The molecule has 0 fully saturated rings. The second kappa shape index (κ2) is 6.03. The Kier molecular flexibility index (Phi) is 4.63. The molecule has 15 heavy (non-hydrogen) atoms. The van der Waals surface area contributed by atoms with Crippen molar-refractivity contribution in [3.8, 4) is 0 Å². The highest BCUT2D eigenvalue weighted by molar-refractivity contribution is 5.90. The molecule has 0 atom stereocenters. The van der Waals surface area contributed by atoms with Gasteiger partial charge in [0.05, 0.1) is 0 Å². The molecule has 0 saturated carbocycles. The van der Waals surface area contributed by atoms with Crippen LogP contribution in [0.1, 0.15) is 12.5 Å². The first-order valence-corrected chi connectivity index (χ1v) is 5.05. The van der Waals surface area contributed by atoms with Gasteiger partial charge in [0.2, 0.25) is 0 Å². The van der Waals surface area contributed by atoms with Crippen molar-refractivity contribution in [2.45, 2.75) is 13.5 Å². The first kappa shape index (κ1) is 11.5. The molecule has 4 heteroatoms. The molecular formula is C11H17N3O. The second-order valence-corrected chi connectivity index (χ2v) is 3.17. The van der Waals surface area contributed by atoms with Crippen molar-refractivity contribution in [2.24, 2.45) is 0 Å². The summed E-state index contributed by atoms with van der Waals surface area (Å²) in [5, 5.41) is 8.56. The van der Waals surface area contributed by atoms with Gasteiger partial charge < -0.3 is 16.0 Å². The number of rotatable bonds is 4. The van der Waals surface area contributed by atoms with Crippen LogP contribution >= 0.6 is 0 Å². The number of hydrogen-bond acceptors (Lipinski definition) is 2. The summed E-state index contributed by atoms with van der Waals surface area (Å²) in [6.07, 6.45) is 0. The number of urea groups is 1. The van der Waals surface area contributed by atoms with Gasteiger partial charge in [-0.1, -0.05) is 18.2 Å². The van der Waals surface area contributed by atoms with E-state index in [0.29, 0.717) is 6.54 Å². The van der Waals surface area contributed by atoms with Crippen LogP contribution in [0.4, 0.5) is 10.5 Å². The molecule has 4 nitrogen and oxygen atoms in total. The summed E-state index contributed by atoms with van der Waals surface area (Å²) in [6, 6.07) is 7.57. The molecule has 0 aliphatic heterocycles. The fourth-order valence-electron chi connectivity index (χ4n) is 1.31. The molecule has 0 heterocycles. The third-order valence-electron chi connectivity index (χ3n) is 1.97. The lowest BCUT2D eigenvalue weighted by molar-refractivity contribution is 0.252. The van der Waals surface area contributed by atoms with Crippen LogP contribution < -0.4 is 16.0 Å². The third kappa shape index (κ3) is 3.59. The van der Waals surface area contributed by atoms with Crippen LogP contribution in [0, 0.1) is 0 Å². The number of amides is 2. The topological polar surface area (TPSA) is 53.2 Å². The van der Waals surface area contributed by atoms with Gasteiger partial charge in [0.15, 0.2) is 0 Å². The van der Waals surface area contributed by atoms with Crippen LogP contribution in [0.5, 0.6) is 0 Å². The number of nitrogens with one attached hydrogen (secondary N) is 3. The Morgan fingerprint density at radius 3 is 2.73 bits per heavy atom. The summed E-state index contributed by atoms with van der Waals surface area (Å²) in [5.74, 6) is 0. The molecule has 0 saturated heterocycles. The molecule has 82 valence electrons. The van der Waals surface area contributed by atoms with Crippen molar-refractivity contribution in [3.63, 3.8) is 0 Å². The largest absolute Gasteiger partial charge is 0.338 e. The Morgan fingerprint density at radius 2 is 2.07 bits per heavy atom. The molecule has 0 aromatic heterocycles. The van der Waals surface area contributed by atoms with Crippen LogP contribution in [0.15, 0.2) is 24.3 Å². The molecule has 1 aromatic carbocycles. The molecular weight excluding hydrogens is 190 g/mol. The predicted octanol–water partition coefficient (Wildman–Crippen LogP) is 1.55. The maximum atomic E-state index is 11.3. The van der Waals surface area contributed by atoms with Crippen molar-refractivity contribution in [1.82, 2.24) is 10.6 Å². The summed E-state index contributed by atoms with van der Waals surface area (Å²) in [7, 11) is 1.88. The zero-order chi connectivity index (χ0) is 11.1. The highest BCUT2D eigenvalue weighted by Gasteiger charge is 2.03. The van der Waals surface area contributed by atoms with E-state index in [0.717, 1.165) is 17.8 Å². The lowest BCUT2D eigenvalue weighted by Crippen LogP contribution is -2.28. The average molecular weight is 207 g/mol. The molecule has 3 N–H and O–H groups in total. The minimum Gasteiger partial charge on any atom is -0.338 e. The van der Waals surface area contributed by atoms with Crippen molar-refractivity contribution in [1.29, 1.82) is 0 Å². The fraction of sp³-hybridized carbons (Fsp3) is 0.364. The first-order valence-electron chi connectivity index (χ1n) is 5.05. The van der Waals surface area contributed by atoms with Crippen LogP contribution in [-0.4, -0.2) is 19.6 Å². The van der Waals surface area contributed by atoms with Gasteiger partial charge in [0.1, 0.15) is 0 Å². The van der Waals surface area contributed by atoms with Crippen LogP contribution in [0.25, 0.3) is 0 Å². The predicted molar refractivity (Wildman–Crippen MR) is 61.9 cm³/mol. The zero-order valence-corrected chi connectivity index (χ0v) is 9.13. The van der Waals surface area contributed by atoms with Crippen molar-refractivity contribution < 1.29 is 4.79 Å². The number of hydrogen-bond donors (Lipinski definition) is 3. The molecule has 0 aliphatic rings. The molecule has 2 amide bonds. The van der Waals surface area contributed by atoms with Gasteiger partial charge in [0.25, 0.3) is 0 Å². The van der Waals surface area contributed by atoms with E-state index in [1.165, 1.54) is 0 Å². The lowest BCUT2D eigenvalue weighted by Gasteiger charge is -2.10. The van der Waals surface area contributed by atoms with E-state index in [-0.39, 0.29) is 6.03 Å². The first-order chi connectivity index (χ1) is 7.27. The molecule has 0 spiro atoms. The molecule has 1 rings (SSSR count). The van der Waals surface area contributed by atoms with Gasteiger partial charge >= 0.3 is 6.03 Å². The van der Waals surface area contributed by atoms with Crippen molar-refractivity contribution >= 4 is 11.7 Å². The second-order valence-electron chi connectivity index (χ2n) is 3.17. The van der Waals surface area contributed by atoms with Crippen LogP contribution in [0.2, 0.25) is 0 Å². The number of para-hydroxylation sites is 1. The van der Waals surface area contributed by atoms with E-state index in [1.807, 2.05) is 38.2 Å². The van der Waals surface area contributed by atoms with Gasteiger partial charge in [-0.3, -0.25) is 0 Å². The standard InChI is InChI=1S/C11H17N3O/c1-3-13-11(15)14-10-7-5-4-6-9(10)8-12-2/h4-7,12H,3,8H2,1-2H3,(H2,13,14,15). The van der Waals surface area contributed by atoms with Gasteiger partial charge in [-0.15, -0.1) is 0 Å². The van der Waals surface area contributed by atoms with E-state index < -0.39 is 0 Å². The molecule has 0 bridgehead atoms. The lowest BCUT2D eigenvalue weighted by atomic mass is 10.2. The summed E-state index contributed by atoms with van der Waals surface area (Å²) < 4.78 is 0. The third-order valence-corrected chi connectivity index (χ3v) is 1.97. The van der Waals surface area contributed by atoms with E-state index >= 15 is 0 Å². The monoisotopic (exact) mass is 207 g/mol. The van der Waals surface area contributed by atoms with Gasteiger partial charge in [-0.25, -0.2) is 4.79 Å². The van der Waals surface area contributed by atoms with Gasteiger partial charge in [-0.05, 0) is 25.6 Å². The Hall–Kier alpha value is -1.55. The molecule has 0 radical (unpaired) electrons.